The summed E-state index contributed by atoms with van der Waals surface area (Å²) in [5.74, 6) is 0. The smallest absolute Gasteiger partial charge is 0.0622 e. The van der Waals surface area contributed by atoms with Crippen LogP contribution in [0.1, 0.15) is 25.7 Å². The lowest BCUT2D eigenvalue weighted by atomic mass is 10.1. The molecule has 1 N–H and O–H groups in total. The van der Waals surface area contributed by atoms with Gasteiger partial charge in [0, 0.05) is 24.7 Å². The number of ether oxygens (including phenoxy) is 1. The van der Waals surface area contributed by atoms with Crippen molar-refractivity contribution >= 4 is 0 Å². The molecular weight excluding hydrogens is 176 g/mol. The molecule has 0 amide bonds. The van der Waals surface area contributed by atoms with E-state index in [0.29, 0.717) is 6.04 Å². The third-order valence-corrected chi connectivity index (χ3v) is 3.87. The van der Waals surface area contributed by atoms with Crippen LogP contribution < -0.4 is 5.32 Å². The third-order valence-electron chi connectivity index (χ3n) is 3.87. The van der Waals surface area contributed by atoms with E-state index in [1.807, 2.05) is 0 Å². The number of nitrogens with one attached hydrogen (secondary N) is 1. The molecule has 3 unspecified atom stereocenters. The molecule has 0 spiro atoms. The lowest BCUT2D eigenvalue weighted by Gasteiger charge is -2.29. The van der Waals surface area contributed by atoms with E-state index in [4.69, 9.17) is 4.74 Å². The van der Waals surface area contributed by atoms with Gasteiger partial charge in [0.2, 0.25) is 0 Å². The van der Waals surface area contributed by atoms with Gasteiger partial charge in [-0.1, -0.05) is 0 Å². The molecular formula is C11H22N2O. The van der Waals surface area contributed by atoms with Crippen molar-refractivity contribution in [1.29, 1.82) is 0 Å². The van der Waals surface area contributed by atoms with Crippen molar-refractivity contribution in [3.05, 3.63) is 0 Å². The zero-order chi connectivity index (χ0) is 9.97. The highest BCUT2D eigenvalue weighted by atomic mass is 16.5. The molecule has 1 saturated carbocycles. The Kier molecular flexibility index (Phi) is 3.42. The van der Waals surface area contributed by atoms with Crippen LogP contribution in [0.2, 0.25) is 0 Å². The summed E-state index contributed by atoms with van der Waals surface area (Å²) in [6.07, 6.45) is 5.21. The molecule has 3 heteroatoms. The maximum atomic E-state index is 5.43. The molecule has 0 aromatic rings. The van der Waals surface area contributed by atoms with E-state index in [2.05, 4.69) is 24.3 Å². The highest BCUT2D eigenvalue weighted by Crippen LogP contribution is 2.26. The first-order chi connectivity index (χ1) is 6.81. The minimum Gasteiger partial charge on any atom is -0.380 e. The quantitative estimate of drug-likeness (QED) is 0.727. The van der Waals surface area contributed by atoms with Crippen LogP contribution >= 0.6 is 0 Å². The fourth-order valence-electron chi connectivity index (χ4n) is 2.73. The van der Waals surface area contributed by atoms with Crippen LogP contribution in [0.5, 0.6) is 0 Å². The van der Waals surface area contributed by atoms with E-state index >= 15 is 0 Å². The Labute approximate surface area is 86.8 Å². The van der Waals surface area contributed by atoms with Gasteiger partial charge in [-0.05, 0) is 39.8 Å². The number of likely N-dealkylation sites (N-methyl/N-ethyl adjacent to an activating group) is 1. The Balaban J connectivity index is 1.83. The second-order valence-electron chi connectivity index (χ2n) is 4.64. The van der Waals surface area contributed by atoms with Crippen molar-refractivity contribution in [2.75, 3.05) is 27.3 Å². The van der Waals surface area contributed by atoms with E-state index in [0.717, 1.165) is 25.3 Å². The van der Waals surface area contributed by atoms with Crippen LogP contribution in [0, 0.1) is 0 Å². The molecule has 1 saturated heterocycles. The summed E-state index contributed by atoms with van der Waals surface area (Å²) in [7, 11) is 4.34. The number of hydrogen-bond acceptors (Lipinski definition) is 3. The molecule has 82 valence electrons. The SMILES string of the molecule is CNC1CCC(N(C)C2CCOC2)C1. The summed E-state index contributed by atoms with van der Waals surface area (Å²) in [5.41, 5.74) is 0. The van der Waals surface area contributed by atoms with Gasteiger partial charge < -0.3 is 10.1 Å². The topological polar surface area (TPSA) is 24.5 Å². The van der Waals surface area contributed by atoms with Gasteiger partial charge >= 0.3 is 0 Å². The minimum atomic E-state index is 0.676. The zero-order valence-corrected chi connectivity index (χ0v) is 9.33. The predicted octanol–water partition coefficient (Wildman–Crippen LogP) is 0.848. The summed E-state index contributed by atoms with van der Waals surface area (Å²) >= 11 is 0. The van der Waals surface area contributed by atoms with E-state index < -0.39 is 0 Å². The lowest BCUT2D eigenvalue weighted by Crippen LogP contribution is -2.40. The Morgan fingerprint density at radius 1 is 1.21 bits per heavy atom. The van der Waals surface area contributed by atoms with Crippen molar-refractivity contribution in [2.45, 2.75) is 43.8 Å². The Hall–Kier alpha value is -0.120. The summed E-state index contributed by atoms with van der Waals surface area (Å²) in [6, 6.07) is 2.19. The lowest BCUT2D eigenvalue weighted by molar-refractivity contribution is 0.133. The average molecular weight is 198 g/mol. The first-order valence-electron chi connectivity index (χ1n) is 5.78. The first-order valence-corrected chi connectivity index (χ1v) is 5.78. The molecule has 1 heterocycles. The van der Waals surface area contributed by atoms with Crippen LogP contribution in [0.3, 0.4) is 0 Å². The van der Waals surface area contributed by atoms with Gasteiger partial charge in [-0.3, -0.25) is 4.90 Å². The van der Waals surface area contributed by atoms with Crippen molar-refractivity contribution in [2.24, 2.45) is 0 Å². The first kappa shape index (κ1) is 10.4. The van der Waals surface area contributed by atoms with Crippen molar-refractivity contribution in [3.63, 3.8) is 0 Å². The molecule has 0 aromatic heterocycles. The summed E-state index contributed by atoms with van der Waals surface area (Å²) in [6.45, 7) is 1.90. The number of hydrogen-bond donors (Lipinski definition) is 1. The molecule has 0 radical (unpaired) electrons. The van der Waals surface area contributed by atoms with Gasteiger partial charge in [0.15, 0.2) is 0 Å². The van der Waals surface area contributed by atoms with Gasteiger partial charge in [-0.25, -0.2) is 0 Å². The molecule has 14 heavy (non-hydrogen) atoms. The van der Waals surface area contributed by atoms with Gasteiger partial charge in [0.05, 0.1) is 6.61 Å². The van der Waals surface area contributed by atoms with Crippen LogP contribution in [-0.2, 0) is 4.74 Å². The number of nitrogens with zero attached hydrogens (tertiary/aromatic N) is 1. The summed E-state index contributed by atoms with van der Waals surface area (Å²) < 4.78 is 5.43. The molecule has 2 fully saturated rings. The second kappa shape index (κ2) is 4.60. The van der Waals surface area contributed by atoms with Crippen molar-refractivity contribution < 1.29 is 4.74 Å². The van der Waals surface area contributed by atoms with Gasteiger partial charge in [-0.2, -0.15) is 0 Å². The van der Waals surface area contributed by atoms with E-state index in [1.54, 1.807) is 0 Å². The highest BCUT2D eigenvalue weighted by molar-refractivity contribution is 4.88. The third kappa shape index (κ3) is 2.10. The molecule has 3 atom stereocenters. The largest absolute Gasteiger partial charge is 0.380 e. The summed E-state index contributed by atoms with van der Waals surface area (Å²) in [4.78, 5) is 2.55. The van der Waals surface area contributed by atoms with Crippen molar-refractivity contribution in [3.8, 4) is 0 Å². The molecule has 2 aliphatic rings. The van der Waals surface area contributed by atoms with Crippen LogP contribution in [0.4, 0.5) is 0 Å². The molecule has 1 aliphatic carbocycles. The summed E-state index contributed by atoms with van der Waals surface area (Å²) in [5, 5.41) is 3.38. The van der Waals surface area contributed by atoms with Crippen LogP contribution in [0.15, 0.2) is 0 Å². The number of rotatable bonds is 3. The standard InChI is InChI=1S/C11H22N2O/c1-12-9-3-4-10(7-9)13(2)11-5-6-14-8-11/h9-12H,3-8H2,1-2H3. The zero-order valence-electron chi connectivity index (χ0n) is 9.33. The van der Waals surface area contributed by atoms with Gasteiger partial charge in [-0.15, -0.1) is 0 Å². The molecule has 0 aromatic carbocycles. The normalized spacial score (nSPS) is 38.4. The maximum absolute atomic E-state index is 5.43. The Bertz CT molecular complexity index is 180. The maximum Gasteiger partial charge on any atom is 0.0622 e. The van der Waals surface area contributed by atoms with E-state index in [1.165, 1.54) is 25.7 Å². The molecule has 0 bridgehead atoms. The Morgan fingerprint density at radius 3 is 2.64 bits per heavy atom. The van der Waals surface area contributed by atoms with E-state index in [9.17, 15) is 0 Å². The fourth-order valence-corrected chi connectivity index (χ4v) is 2.73. The van der Waals surface area contributed by atoms with Gasteiger partial charge in [0.1, 0.15) is 0 Å². The second-order valence-corrected chi connectivity index (χ2v) is 4.64. The average Bonchev–Trinajstić information content (AvgIpc) is 2.88. The molecule has 1 aliphatic heterocycles. The highest BCUT2D eigenvalue weighted by Gasteiger charge is 2.31. The van der Waals surface area contributed by atoms with Crippen LogP contribution in [0.25, 0.3) is 0 Å². The monoisotopic (exact) mass is 198 g/mol. The van der Waals surface area contributed by atoms with Crippen molar-refractivity contribution in [1.82, 2.24) is 10.2 Å². The molecule has 2 rings (SSSR count). The van der Waals surface area contributed by atoms with E-state index in [-0.39, 0.29) is 0 Å². The fraction of sp³-hybridized carbons (Fsp3) is 1.00. The van der Waals surface area contributed by atoms with Gasteiger partial charge in [0.25, 0.3) is 0 Å². The Morgan fingerprint density at radius 2 is 2.07 bits per heavy atom. The predicted molar refractivity (Wildman–Crippen MR) is 57.5 cm³/mol. The van der Waals surface area contributed by atoms with Crippen LogP contribution in [-0.4, -0.2) is 50.3 Å². The molecule has 3 nitrogen and oxygen atoms in total. The minimum absolute atomic E-state index is 0.676.